The van der Waals surface area contributed by atoms with Gasteiger partial charge in [0.2, 0.25) is 5.91 Å². The molecule has 6 nitrogen and oxygen atoms in total. The molecule has 1 aliphatic carbocycles. The van der Waals surface area contributed by atoms with Crippen LogP contribution in [-0.2, 0) is 9.59 Å². The number of nitrogens with one attached hydrogen (secondary N) is 3. The summed E-state index contributed by atoms with van der Waals surface area (Å²) in [6.07, 6.45) is 0. The lowest BCUT2D eigenvalue weighted by Gasteiger charge is -2.13. The van der Waals surface area contributed by atoms with Crippen molar-refractivity contribution in [2.75, 3.05) is 16.0 Å². The number of benzene rings is 3. The molecule has 3 N–H and O–H groups in total. The zero-order valence-corrected chi connectivity index (χ0v) is 24.8. The van der Waals surface area contributed by atoms with Crippen LogP contribution in [0.5, 0.6) is 0 Å². The van der Waals surface area contributed by atoms with E-state index in [1.165, 1.54) is 18.2 Å². The second-order valence-corrected chi connectivity index (χ2v) is 12.3. The number of anilines is 3. The quantitative estimate of drug-likeness (QED) is 0.218. The van der Waals surface area contributed by atoms with E-state index < -0.39 is 61.7 Å². The molecule has 1 saturated carbocycles. The molecule has 210 valence electrons. The maximum Gasteiger partial charge on any atom is 0.257 e. The van der Waals surface area contributed by atoms with Gasteiger partial charge in [0.15, 0.2) is 10.7 Å². The zero-order chi connectivity index (χ0) is 29.5. The summed E-state index contributed by atoms with van der Waals surface area (Å²) < 4.78 is 27.6. The Hall–Kier alpha value is -2.04. The first-order chi connectivity index (χ1) is 18.7. The first kappa shape index (κ1) is 30.9. The Balaban J connectivity index is 1.51. The third kappa shape index (κ3) is 6.39. The molecular weight excluding hydrogens is 676 g/mol. The summed E-state index contributed by atoms with van der Waals surface area (Å²) in [5, 5.41) is 7.34. The van der Waals surface area contributed by atoms with Crippen LogP contribution in [-0.4, -0.2) is 26.9 Å². The van der Waals surface area contributed by atoms with Gasteiger partial charge >= 0.3 is 0 Å². The smallest absolute Gasteiger partial charge is 0.257 e. The zero-order valence-electron chi connectivity index (χ0n) is 19.5. The Morgan fingerprint density at radius 1 is 0.825 bits per heavy atom. The molecule has 0 spiro atoms. The normalized spacial score (nSPS) is 17.4. The van der Waals surface area contributed by atoms with Crippen molar-refractivity contribution in [3.8, 4) is 0 Å². The van der Waals surface area contributed by atoms with Crippen molar-refractivity contribution in [1.82, 2.24) is 0 Å². The monoisotopic (exact) mass is 687 g/mol. The van der Waals surface area contributed by atoms with Gasteiger partial charge in [0.05, 0.1) is 32.2 Å². The molecule has 1 unspecified atom stereocenters. The van der Waals surface area contributed by atoms with Crippen LogP contribution in [0.4, 0.5) is 25.8 Å². The van der Waals surface area contributed by atoms with Gasteiger partial charge in [-0.25, -0.2) is 8.78 Å². The summed E-state index contributed by atoms with van der Waals surface area (Å²) >= 11 is 41.8. The highest BCUT2D eigenvalue weighted by Gasteiger charge is 2.67. The lowest BCUT2D eigenvalue weighted by Crippen LogP contribution is -2.21. The Morgan fingerprint density at radius 2 is 1.50 bits per heavy atom. The van der Waals surface area contributed by atoms with Gasteiger partial charge in [-0.1, -0.05) is 64.1 Å². The van der Waals surface area contributed by atoms with Crippen molar-refractivity contribution in [3.63, 3.8) is 0 Å². The van der Waals surface area contributed by atoms with Gasteiger partial charge in [-0.2, -0.15) is 0 Å². The number of rotatable bonds is 7. The third-order valence-corrected chi connectivity index (χ3v) is 8.31. The van der Waals surface area contributed by atoms with E-state index in [0.717, 1.165) is 12.1 Å². The van der Waals surface area contributed by atoms with Crippen molar-refractivity contribution in [1.29, 1.82) is 0 Å². The van der Waals surface area contributed by atoms with Crippen molar-refractivity contribution < 1.29 is 23.2 Å². The summed E-state index contributed by atoms with van der Waals surface area (Å²) in [5.74, 6) is -6.38. The predicted molar refractivity (Wildman–Crippen MR) is 156 cm³/mol. The molecule has 1 fully saturated rings. The minimum atomic E-state index is -1.59. The van der Waals surface area contributed by atoms with Crippen LogP contribution in [0.3, 0.4) is 0 Å². The number of alkyl halides is 4. The molecular formula is C25H14Cl7F2N3O3. The minimum Gasteiger partial charge on any atom is -0.326 e. The highest BCUT2D eigenvalue weighted by Crippen LogP contribution is 2.65. The summed E-state index contributed by atoms with van der Waals surface area (Å²) in [4.78, 5) is 36.1. The summed E-state index contributed by atoms with van der Waals surface area (Å²) in [7, 11) is 0. The number of carbonyl (C=O) groups excluding carboxylic acids is 3. The molecule has 3 aromatic rings. The van der Waals surface area contributed by atoms with Crippen molar-refractivity contribution in [3.05, 3.63) is 86.4 Å². The topological polar surface area (TPSA) is 87.3 Å². The largest absolute Gasteiger partial charge is 0.326 e. The standard InChI is InChI=1S/C25H14Cl7F2N3O3/c26-12-4-2-10(35-23(39)18-17(25(18,31)32)9-1-3-13(27)14(28)7-9)8-11(12)22(38)36-16-6-5-15(33)20(19(16)34)37-24(40)21(29)30/h1-8,17-18,21H,(H,35,39)(H,36,38)(H,37,40)/t17-,18?/m0/s1. The third-order valence-electron chi connectivity index (χ3n) is 5.90. The van der Waals surface area contributed by atoms with E-state index in [2.05, 4.69) is 10.6 Å². The first-order valence-corrected chi connectivity index (χ1v) is 13.8. The fourth-order valence-corrected chi connectivity index (χ4v) is 5.35. The molecule has 0 aromatic heterocycles. The lowest BCUT2D eigenvalue weighted by atomic mass is 10.1. The van der Waals surface area contributed by atoms with Crippen LogP contribution in [0.15, 0.2) is 48.5 Å². The van der Waals surface area contributed by atoms with Gasteiger partial charge in [-0.3, -0.25) is 14.4 Å². The van der Waals surface area contributed by atoms with Crippen LogP contribution in [0.25, 0.3) is 0 Å². The molecule has 0 radical (unpaired) electrons. The molecule has 2 atom stereocenters. The van der Waals surface area contributed by atoms with Gasteiger partial charge in [-0.15, -0.1) is 23.2 Å². The summed E-state index contributed by atoms with van der Waals surface area (Å²) in [6.45, 7) is 0. The first-order valence-electron chi connectivity index (χ1n) is 11.0. The fourth-order valence-electron chi connectivity index (χ4n) is 3.90. The average molecular weight is 691 g/mol. The van der Waals surface area contributed by atoms with Gasteiger partial charge in [-0.05, 0) is 48.0 Å². The lowest BCUT2D eigenvalue weighted by molar-refractivity contribution is -0.117. The van der Waals surface area contributed by atoms with Crippen molar-refractivity contribution in [2.24, 2.45) is 5.92 Å². The Bertz CT molecular complexity index is 1540. The maximum absolute atomic E-state index is 14.9. The van der Waals surface area contributed by atoms with Gasteiger partial charge in [0.25, 0.3) is 11.8 Å². The molecule has 0 saturated heterocycles. The van der Waals surface area contributed by atoms with E-state index in [-0.39, 0.29) is 21.3 Å². The van der Waals surface area contributed by atoms with Crippen LogP contribution < -0.4 is 16.0 Å². The Kier molecular flexibility index (Phi) is 9.32. The fraction of sp³-hybridized carbons (Fsp3) is 0.160. The molecule has 40 heavy (non-hydrogen) atoms. The highest BCUT2D eigenvalue weighted by atomic mass is 35.5. The Morgan fingerprint density at radius 3 is 2.15 bits per heavy atom. The predicted octanol–water partition coefficient (Wildman–Crippen LogP) is 8.45. The highest BCUT2D eigenvalue weighted by molar-refractivity contribution is 6.54. The van der Waals surface area contributed by atoms with Crippen LogP contribution in [0, 0.1) is 17.6 Å². The summed E-state index contributed by atoms with van der Waals surface area (Å²) in [5.41, 5.74) is -0.737. The second-order valence-electron chi connectivity index (χ2n) is 8.52. The molecule has 0 heterocycles. The molecule has 3 aromatic carbocycles. The van der Waals surface area contributed by atoms with E-state index in [1.807, 2.05) is 5.32 Å². The van der Waals surface area contributed by atoms with Gasteiger partial charge in [0, 0.05) is 11.6 Å². The van der Waals surface area contributed by atoms with E-state index in [0.29, 0.717) is 10.6 Å². The molecule has 4 rings (SSSR count). The maximum atomic E-state index is 14.9. The number of carbonyl (C=O) groups is 3. The molecule has 0 bridgehead atoms. The number of amides is 3. The molecule has 15 heteroatoms. The SMILES string of the molecule is O=C(Nc1ccc(F)c(NC(=O)C(Cl)Cl)c1F)c1cc(NC(=O)C2[C@H](c3ccc(Cl)c(Cl)c3)C2(Cl)Cl)ccc1Cl. The van der Waals surface area contributed by atoms with Crippen LogP contribution in [0.1, 0.15) is 21.8 Å². The number of halogens is 9. The van der Waals surface area contributed by atoms with Crippen molar-refractivity contribution >= 4 is 116 Å². The molecule has 3 amide bonds. The van der Waals surface area contributed by atoms with Crippen molar-refractivity contribution in [2.45, 2.75) is 15.1 Å². The summed E-state index contributed by atoms with van der Waals surface area (Å²) in [6, 6.07) is 10.5. The van der Waals surface area contributed by atoms with Crippen LogP contribution in [0.2, 0.25) is 15.1 Å². The van der Waals surface area contributed by atoms with Crippen LogP contribution >= 0.6 is 81.2 Å². The van der Waals surface area contributed by atoms with Gasteiger partial charge < -0.3 is 16.0 Å². The Labute approximate surface area is 261 Å². The minimum absolute atomic E-state index is 0.0391. The number of hydrogen-bond donors (Lipinski definition) is 3. The van der Waals surface area contributed by atoms with Gasteiger partial charge in [0.1, 0.15) is 15.8 Å². The van der Waals surface area contributed by atoms with E-state index in [1.54, 1.807) is 18.2 Å². The van der Waals surface area contributed by atoms with E-state index in [4.69, 9.17) is 81.2 Å². The van der Waals surface area contributed by atoms with E-state index >= 15 is 0 Å². The molecule has 1 aliphatic rings. The number of hydrogen-bond acceptors (Lipinski definition) is 3. The molecule has 0 aliphatic heterocycles. The average Bonchev–Trinajstić information content (AvgIpc) is 3.47. The second kappa shape index (κ2) is 12.1. The van der Waals surface area contributed by atoms with E-state index in [9.17, 15) is 23.2 Å².